The largest absolute Gasteiger partial charge is 0.339 e. The third-order valence-corrected chi connectivity index (χ3v) is 2.95. The highest BCUT2D eigenvalue weighted by Gasteiger charge is 2.37. The number of hydrogen-bond donors (Lipinski definition) is 0. The van der Waals surface area contributed by atoms with Crippen LogP contribution in [0.5, 0.6) is 0 Å². The highest BCUT2D eigenvalue weighted by molar-refractivity contribution is 5.65. The number of carbonyl (C=O) groups excluding carboxylic acids is 1. The SMILES string of the molecule is CC(=O)OOC(C#N)(CCC(C)(C)C)c1ccccc1. The lowest BCUT2D eigenvalue weighted by atomic mass is 9.82. The Labute approximate surface area is 120 Å². The number of rotatable bonds is 5. The summed E-state index contributed by atoms with van der Waals surface area (Å²) in [7, 11) is 0. The summed E-state index contributed by atoms with van der Waals surface area (Å²) >= 11 is 0. The van der Waals surface area contributed by atoms with E-state index in [1.54, 1.807) is 12.1 Å². The van der Waals surface area contributed by atoms with Crippen molar-refractivity contribution in [1.29, 1.82) is 5.26 Å². The first-order valence-corrected chi connectivity index (χ1v) is 6.62. The van der Waals surface area contributed by atoms with E-state index >= 15 is 0 Å². The molecule has 108 valence electrons. The zero-order valence-electron chi connectivity index (χ0n) is 12.5. The molecule has 20 heavy (non-hydrogen) atoms. The Morgan fingerprint density at radius 3 is 2.25 bits per heavy atom. The van der Waals surface area contributed by atoms with Crippen LogP contribution in [0, 0.1) is 16.7 Å². The lowest BCUT2D eigenvalue weighted by Gasteiger charge is -2.28. The normalized spacial score (nSPS) is 14.2. The average molecular weight is 275 g/mol. The number of hydrogen-bond acceptors (Lipinski definition) is 4. The van der Waals surface area contributed by atoms with E-state index in [4.69, 9.17) is 4.89 Å². The molecule has 0 fully saturated rings. The van der Waals surface area contributed by atoms with Crippen LogP contribution in [0.1, 0.15) is 46.1 Å². The molecule has 0 radical (unpaired) electrons. The van der Waals surface area contributed by atoms with Gasteiger partial charge in [0.05, 0.1) is 0 Å². The third kappa shape index (κ3) is 4.67. The van der Waals surface area contributed by atoms with Crippen molar-refractivity contribution < 1.29 is 14.6 Å². The average Bonchev–Trinajstić information content (AvgIpc) is 2.39. The monoisotopic (exact) mass is 275 g/mol. The Kier molecular flexibility index (Phi) is 5.29. The maximum atomic E-state index is 11.0. The van der Waals surface area contributed by atoms with E-state index in [1.807, 2.05) is 18.2 Å². The predicted octanol–water partition coefficient (Wildman–Crippen LogP) is 3.73. The van der Waals surface area contributed by atoms with Gasteiger partial charge < -0.3 is 0 Å². The van der Waals surface area contributed by atoms with Gasteiger partial charge in [0.2, 0.25) is 5.60 Å². The molecular weight excluding hydrogens is 254 g/mol. The van der Waals surface area contributed by atoms with Crippen molar-refractivity contribution >= 4 is 5.97 Å². The Balaban J connectivity index is 3.03. The summed E-state index contributed by atoms with van der Waals surface area (Å²) in [6.07, 6.45) is 1.21. The van der Waals surface area contributed by atoms with Crippen LogP contribution in [-0.4, -0.2) is 5.97 Å². The summed E-state index contributed by atoms with van der Waals surface area (Å²) in [6.45, 7) is 7.51. The molecule has 1 aromatic rings. The maximum Gasteiger partial charge on any atom is 0.339 e. The minimum Gasteiger partial charge on any atom is -0.297 e. The van der Waals surface area contributed by atoms with Crippen molar-refractivity contribution in [2.24, 2.45) is 5.41 Å². The van der Waals surface area contributed by atoms with Gasteiger partial charge in [0.1, 0.15) is 6.07 Å². The molecule has 0 aliphatic heterocycles. The molecule has 4 nitrogen and oxygen atoms in total. The molecule has 0 spiro atoms. The first-order valence-electron chi connectivity index (χ1n) is 6.62. The van der Waals surface area contributed by atoms with Gasteiger partial charge in [-0.3, -0.25) is 4.89 Å². The van der Waals surface area contributed by atoms with E-state index in [-0.39, 0.29) is 5.41 Å². The van der Waals surface area contributed by atoms with Gasteiger partial charge in [0.25, 0.3) is 0 Å². The van der Waals surface area contributed by atoms with Crippen molar-refractivity contribution in [3.8, 4) is 6.07 Å². The van der Waals surface area contributed by atoms with Gasteiger partial charge in [-0.05, 0) is 18.3 Å². The van der Waals surface area contributed by atoms with E-state index in [0.29, 0.717) is 12.0 Å². The highest BCUT2D eigenvalue weighted by atomic mass is 17.2. The fraction of sp³-hybridized carbons (Fsp3) is 0.500. The minimum atomic E-state index is -1.26. The summed E-state index contributed by atoms with van der Waals surface area (Å²) in [6, 6.07) is 11.3. The zero-order chi connectivity index (χ0) is 15.2. The van der Waals surface area contributed by atoms with Crippen LogP contribution in [0.2, 0.25) is 0 Å². The third-order valence-electron chi connectivity index (χ3n) is 2.95. The number of carbonyl (C=O) groups is 1. The lowest BCUT2D eigenvalue weighted by Crippen LogP contribution is -2.30. The number of benzene rings is 1. The summed E-state index contributed by atoms with van der Waals surface area (Å²) in [5.74, 6) is -0.573. The van der Waals surface area contributed by atoms with Crippen molar-refractivity contribution in [3.05, 3.63) is 35.9 Å². The van der Waals surface area contributed by atoms with E-state index in [2.05, 4.69) is 31.7 Å². The molecular formula is C16H21NO3. The standard InChI is InChI=1S/C16H21NO3/c1-13(18)19-20-16(12-17,11-10-15(2,3)4)14-8-6-5-7-9-14/h5-9H,10-11H2,1-4H3. The van der Waals surface area contributed by atoms with Gasteiger partial charge in [-0.25, -0.2) is 4.79 Å². The molecule has 0 saturated carbocycles. The maximum absolute atomic E-state index is 11.0. The van der Waals surface area contributed by atoms with Crippen molar-refractivity contribution in [2.45, 2.75) is 46.1 Å². The molecule has 0 saturated heterocycles. The Morgan fingerprint density at radius 1 is 1.20 bits per heavy atom. The van der Waals surface area contributed by atoms with Crippen LogP contribution < -0.4 is 0 Å². The van der Waals surface area contributed by atoms with E-state index in [9.17, 15) is 10.1 Å². The quantitative estimate of drug-likeness (QED) is 0.607. The minimum absolute atomic E-state index is 0.0520. The molecule has 0 amide bonds. The summed E-state index contributed by atoms with van der Waals surface area (Å²) < 4.78 is 0. The van der Waals surface area contributed by atoms with E-state index < -0.39 is 11.6 Å². The summed E-state index contributed by atoms with van der Waals surface area (Å²) in [4.78, 5) is 20.8. The molecule has 4 heteroatoms. The molecule has 0 heterocycles. The molecule has 0 aromatic heterocycles. The predicted molar refractivity (Wildman–Crippen MR) is 75.3 cm³/mol. The van der Waals surface area contributed by atoms with E-state index in [1.165, 1.54) is 6.92 Å². The molecule has 1 atom stereocenters. The second kappa shape index (κ2) is 6.53. The lowest BCUT2D eigenvalue weighted by molar-refractivity contribution is -0.323. The Morgan fingerprint density at radius 2 is 1.80 bits per heavy atom. The second-order valence-corrected chi connectivity index (χ2v) is 6.02. The summed E-state index contributed by atoms with van der Waals surface area (Å²) in [5, 5.41) is 9.57. The van der Waals surface area contributed by atoms with Crippen molar-refractivity contribution in [1.82, 2.24) is 0 Å². The molecule has 1 unspecified atom stereocenters. The molecule has 0 aliphatic carbocycles. The Hall–Kier alpha value is -1.86. The van der Waals surface area contributed by atoms with Crippen molar-refractivity contribution in [3.63, 3.8) is 0 Å². The van der Waals surface area contributed by atoms with Gasteiger partial charge in [-0.2, -0.15) is 10.1 Å². The number of nitrogens with zero attached hydrogens (tertiary/aromatic N) is 1. The van der Waals surface area contributed by atoms with Crippen LogP contribution in [0.4, 0.5) is 0 Å². The smallest absolute Gasteiger partial charge is 0.297 e. The molecule has 0 aliphatic rings. The highest BCUT2D eigenvalue weighted by Crippen LogP contribution is 2.35. The van der Waals surface area contributed by atoms with Crippen LogP contribution in [-0.2, 0) is 20.2 Å². The Bertz CT molecular complexity index is 485. The molecule has 1 aromatic carbocycles. The van der Waals surface area contributed by atoms with Gasteiger partial charge in [-0.1, -0.05) is 51.1 Å². The van der Waals surface area contributed by atoms with Gasteiger partial charge in [0, 0.05) is 12.5 Å². The van der Waals surface area contributed by atoms with Gasteiger partial charge >= 0.3 is 5.97 Å². The molecule has 0 bridgehead atoms. The van der Waals surface area contributed by atoms with Gasteiger partial charge in [0.15, 0.2) is 0 Å². The second-order valence-electron chi connectivity index (χ2n) is 6.02. The summed E-state index contributed by atoms with van der Waals surface area (Å²) in [5.41, 5.74) is -0.524. The molecule has 0 N–H and O–H groups in total. The van der Waals surface area contributed by atoms with Crippen molar-refractivity contribution in [2.75, 3.05) is 0 Å². The molecule has 1 rings (SSSR count). The van der Waals surface area contributed by atoms with Crippen LogP contribution in [0.25, 0.3) is 0 Å². The van der Waals surface area contributed by atoms with Gasteiger partial charge in [-0.15, -0.1) is 0 Å². The topological polar surface area (TPSA) is 59.3 Å². The van der Waals surface area contributed by atoms with E-state index in [0.717, 1.165) is 6.42 Å². The first kappa shape index (κ1) is 16.2. The van der Waals surface area contributed by atoms with Crippen LogP contribution in [0.3, 0.4) is 0 Å². The fourth-order valence-corrected chi connectivity index (χ4v) is 1.76. The van der Waals surface area contributed by atoms with Crippen LogP contribution >= 0.6 is 0 Å². The van der Waals surface area contributed by atoms with Crippen LogP contribution in [0.15, 0.2) is 30.3 Å². The number of nitriles is 1. The fourth-order valence-electron chi connectivity index (χ4n) is 1.76. The zero-order valence-corrected chi connectivity index (χ0v) is 12.5. The first-order chi connectivity index (χ1) is 9.29.